The minimum absolute atomic E-state index is 0.0986. The van der Waals surface area contributed by atoms with Crippen LogP contribution in [0.1, 0.15) is 20.8 Å². The molecule has 0 saturated carbocycles. The topological polar surface area (TPSA) is 44.1 Å². The highest BCUT2D eigenvalue weighted by atomic mass is 127. The number of aromatic nitrogens is 2. The highest BCUT2D eigenvalue weighted by Gasteiger charge is 2.18. The van der Waals surface area contributed by atoms with Gasteiger partial charge in [0.25, 0.3) is 5.88 Å². The summed E-state index contributed by atoms with van der Waals surface area (Å²) in [5.41, 5.74) is -0.531. The van der Waals surface area contributed by atoms with Crippen LogP contribution >= 0.6 is 22.6 Å². The molecule has 1 heterocycles. The number of benzene rings is 1. The standard InChI is InChI=1S/C14H15IN2O2/c1-14(2,3)17-9-8-16-12(13(17)18)19-11-7-5-4-6-10(11)15/h4-9H,1-3H3. The molecule has 0 atom stereocenters. The van der Waals surface area contributed by atoms with Crippen molar-refractivity contribution in [3.63, 3.8) is 0 Å². The number of hydrogen-bond acceptors (Lipinski definition) is 3. The molecule has 0 N–H and O–H groups in total. The smallest absolute Gasteiger partial charge is 0.314 e. The van der Waals surface area contributed by atoms with Crippen molar-refractivity contribution in [2.45, 2.75) is 26.3 Å². The first-order chi connectivity index (χ1) is 8.89. The Kier molecular flexibility index (Phi) is 3.93. The Morgan fingerprint density at radius 3 is 2.58 bits per heavy atom. The number of halogens is 1. The van der Waals surface area contributed by atoms with Crippen LogP contribution in [0.2, 0.25) is 0 Å². The predicted octanol–water partition coefficient (Wildman–Crippen LogP) is 3.40. The third-order valence-corrected chi connectivity index (χ3v) is 3.47. The zero-order chi connectivity index (χ0) is 14.0. The Hall–Kier alpha value is -1.37. The van der Waals surface area contributed by atoms with E-state index in [2.05, 4.69) is 27.6 Å². The van der Waals surface area contributed by atoms with Crippen molar-refractivity contribution < 1.29 is 4.74 Å². The van der Waals surface area contributed by atoms with Crippen molar-refractivity contribution in [1.29, 1.82) is 0 Å². The van der Waals surface area contributed by atoms with Gasteiger partial charge in [-0.05, 0) is 55.5 Å². The van der Waals surface area contributed by atoms with E-state index in [1.165, 1.54) is 0 Å². The van der Waals surface area contributed by atoms with Gasteiger partial charge in [-0.2, -0.15) is 0 Å². The highest BCUT2D eigenvalue weighted by molar-refractivity contribution is 14.1. The van der Waals surface area contributed by atoms with Gasteiger partial charge < -0.3 is 9.30 Å². The lowest BCUT2D eigenvalue weighted by Gasteiger charge is -2.22. The summed E-state index contributed by atoms with van der Waals surface area (Å²) in [5, 5.41) is 0. The first-order valence-electron chi connectivity index (χ1n) is 5.90. The summed E-state index contributed by atoms with van der Waals surface area (Å²) >= 11 is 2.16. The van der Waals surface area contributed by atoms with Gasteiger partial charge in [0, 0.05) is 17.9 Å². The molecule has 0 radical (unpaired) electrons. The SMILES string of the molecule is CC(C)(C)n1ccnc(Oc2ccccc2I)c1=O. The molecule has 0 bridgehead atoms. The van der Waals surface area contributed by atoms with Gasteiger partial charge in [-0.3, -0.25) is 4.79 Å². The van der Waals surface area contributed by atoms with Crippen molar-refractivity contribution in [3.05, 3.63) is 50.6 Å². The molecular weight excluding hydrogens is 355 g/mol. The second-order valence-electron chi connectivity index (χ2n) is 5.11. The molecule has 0 aliphatic heterocycles. The summed E-state index contributed by atoms with van der Waals surface area (Å²) in [6, 6.07) is 7.52. The van der Waals surface area contributed by atoms with Crippen LogP contribution in [0.5, 0.6) is 11.6 Å². The van der Waals surface area contributed by atoms with E-state index in [-0.39, 0.29) is 17.0 Å². The van der Waals surface area contributed by atoms with E-state index in [0.717, 1.165) is 3.57 Å². The molecular formula is C14H15IN2O2. The van der Waals surface area contributed by atoms with E-state index in [1.54, 1.807) is 17.0 Å². The van der Waals surface area contributed by atoms with Crippen LogP contribution in [0.3, 0.4) is 0 Å². The van der Waals surface area contributed by atoms with Gasteiger partial charge in [-0.15, -0.1) is 0 Å². The van der Waals surface area contributed by atoms with Gasteiger partial charge in [-0.1, -0.05) is 12.1 Å². The molecule has 0 fully saturated rings. The number of nitrogens with zero attached hydrogens (tertiary/aromatic N) is 2. The van der Waals surface area contributed by atoms with E-state index < -0.39 is 0 Å². The minimum Gasteiger partial charge on any atom is -0.434 e. The van der Waals surface area contributed by atoms with Gasteiger partial charge in [0.15, 0.2) is 0 Å². The van der Waals surface area contributed by atoms with Crippen LogP contribution in [-0.2, 0) is 5.54 Å². The lowest BCUT2D eigenvalue weighted by atomic mass is 10.1. The van der Waals surface area contributed by atoms with Crippen LogP contribution in [0.15, 0.2) is 41.5 Å². The lowest BCUT2D eigenvalue weighted by molar-refractivity contribution is 0.362. The molecule has 0 aliphatic rings. The van der Waals surface area contributed by atoms with Crippen molar-refractivity contribution in [2.75, 3.05) is 0 Å². The van der Waals surface area contributed by atoms with Crippen LogP contribution in [0.4, 0.5) is 0 Å². The Balaban J connectivity index is 2.43. The number of rotatable bonds is 2. The number of ether oxygens (including phenoxy) is 1. The van der Waals surface area contributed by atoms with Crippen LogP contribution < -0.4 is 10.3 Å². The van der Waals surface area contributed by atoms with Crippen LogP contribution in [0, 0.1) is 3.57 Å². The van der Waals surface area contributed by atoms with E-state index in [1.807, 2.05) is 45.0 Å². The summed E-state index contributed by atoms with van der Waals surface area (Å²) in [7, 11) is 0. The molecule has 5 heteroatoms. The van der Waals surface area contributed by atoms with E-state index in [9.17, 15) is 4.79 Å². The number of hydrogen-bond donors (Lipinski definition) is 0. The molecule has 0 spiro atoms. The molecule has 0 saturated heterocycles. The maximum absolute atomic E-state index is 12.3. The molecule has 1 aromatic heterocycles. The van der Waals surface area contributed by atoms with Gasteiger partial charge >= 0.3 is 5.56 Å². The summed E-state index contributed by atoms with van der Waals surface area (Å²) in [4.78, 5) is 16.3. The summed E-state index contributed by atoms with van der Waals surface area (Å²) in [5.74, 6) is 0.737. The number of para-hydroxylation sites is 1. The Morgan fingerprint density at radius 1 is 1.26 bits per heavy atom. The average molecular weight is 370 g/mol. The van der Waals surface area contributed by atoms with Gasteiger partial charge in [0.1, 0.15) is 5.75 Å². The van der Waals surface area contributed by atoms with Gasteiger partial charge in [0.2, 0.25) is 0 Å². The Morgan fingerprint density at radius 2 is 1.95 bits per heavy atom. The monoisotopic (exact) mass is 370 g/mol. The maximum Gasteiger partial charge on any atom is 0.314 e. The maximum atomic E-state index is 12.3. The van der Waals surface area contributed by atoms with Crippen molar-refractivity contribution in [1.82, 2.24) is 9.55 Å². The summed E-state index contributed by atoms with van der Waals surface area (Å²) < 4.78 is 8.18. The van der Waals surface area contributed by atoms with Crippen LogP contribution in [-0.4, -0.2) is 9.55 Å². The van der Waals surface area contributed by atoms with Crippen molar-refractivity contribution in [2.24, 2.45) is 0 Å². The Bertz CT molecular complexity index is 644. The molecule has 0 amide bonds. The molecule has 0 unspecified atom stereocenters. The second-order valence-corrected chi connectivity index (χ2v) is 6.27. The Labute approximate surface area is 125 Å². The first-order valence-corrected chi connectivity index (χ1v) is 6.98. The van der Waals surface area contributed by atoms with Gasteiger partial charge in [0.05, 0.1) is 3.57 Å². The van der Waals surface area contributed by atoms with E-state index >= 15 is 0 Å². The van der Waals surface area contributed by atoms with Gasteiger partial charge in [-0.25, -0.2) is 4.98 Å². The summed E-state index contributed by atoms with van der Waals surface area (Å²) in [6.45, 7) is 5.89. The quantitative estimate of drug-likeness (QED) is 0.762. The molecule has 19 heavy (non-hydrogen) atoms. The van der Waals surface area contributed by atoms with E-state index in [0.29, 0.717) is 5.75 Å². The summed E-state index contributed by atoms with van der Waals surface area (Å²) in [6.07, 6.45) is 3.25. The second kappa shape index (κ2) is 5.32. The molecule has 1 aromatic carbocycles. The van der Waals surface area contributed by atoms with Crippen molar-refractivity contribution >= 4 is 22.6 Å². The average Bonchev–Trinajstić information content (AvgIpc) is 2.33. The van der Waals surface area contributed by atoms with Crippen molar-refractivity contribution in [3.8, 4) is 11.6 Å². The van der Waals surface area contributed by atoms with E-state index in [4.69, 9.17) is 4.74 Å². The highest BCUT2D eigenvalue weighted by Crippen LogP contribution is 2.23. The molecule has 4 nitrogen and oxygen atoms in total. The van der Waals surface area contributed by atoms with Crippen LogP contribution in [0.25, 0.3) is 0 Å². The fraction of sp³-hybridized carbons (Fsp3) is 0.286. The normalized spacial score (nSPS) is 11.4. The largest absolute Gasteiger partial charge is 0.434 e. The predicted molar refractivity (Wildman–Crippen MR) is 82.7 cm³/mol. The fourth-order valence-electron chi connectivity index (χ4n) is 1.62. The third-order valence-electron chi connectivity index (χ3n) is 2.58. The zero-order valence-electron chi connectivity index (χ0n) is 11.1. The third kappa shape index (κ3) is 3.15. The molecule has 0 aliphatic carbocycles. The zero-order valence-corrected chi connectivity index (χ0v) is 13.2. The molecule has 2 rings (SSSR count). The molecule has 100 valence electrons. The fourth-order valence-corrected chi connectivity index (χ4v) is 2.12. The lowest BCUT2D eigenvalue weighted by Crippen LogP contribution is -2.34. The first kappa shape index (κ1) is 14.0. The molecule has 2 aromatic rings. The minimum atomic E-state index is -0.304.